The van der Waals surface area contributed by atoms with Crippen LogP contribution in [-0.2, 0) is 0 Å². The third kappa shape index (κ3) is 2.47. The molecule has 102 valence electrons. The Kier molecular flexibility index (Phi) is 3.04. The summed E-state index contributed by atoms with van der Waals surface area (Å²) in [5.41, 5.74) is -0.148. The van der Waals surface area contributed by atoms with Crippen molar-refractivity contribution in [2.75, 3.05) is 0 Å². The Morgan fingerprint density at radius 2 is 1.68 bits per heavy atom. The zero-order valence-electron chi connectivity index (χ0n) is 10.3. The highest BCUT2D eigenvalue weighted by atomic mass is 79.9. The maximum atomic E-state index is 12.7. The van der Waals surface area contributed by atoms with Crippen LogP contribution in [0.1, 0.15) is 25.7 Å². The van der Waals surface area contributed by atoms with Crippen molar-refractivity contribution in [2.24, 2.45) is 11.3 Å². The molecule has 0 saturated heterocycles. The number of rotatable bonds is 0. The van der Waals surface area contributed by atoms with Crippen molar-refractivity contribution in [1.82, 2.24) is 0 Å². The average Bonchev–Trinajstić information content (AvgIpc) is 2.65. The molecule has 0 aliphatic heterocycles. The molecular formula is C15H14BrF3. The van der Waals surface area contributed by atoms with Crippen LogP contribution in [0.25, 0.3) is 12.2 Å². The van der Waals surface area contributed by atoms with Crippen LogP contribution in [0.4, 0.5) is 13.2 Å². The molecule has 0 bridgehead atoms. The van der Waals surface area contributed by atoms with Crippen LogP contribution in [0.15, 0.2) is 22.7 Å². The smallest absolute Gasteiger partial charge is 0.171 e. The number of benzene rings is 1. The van der Waals surface area contributed by atoms with Crippen molar-refractivity contribution < 1.29 is 13.2 Å². The van der Waals surface area contributed by atoms with Gasteiger partial charge in [0.2, 0.25) is 0 Å². The lowest BCUT2D eigenvalue weighted by Crippen LogP contribution is -2.31. The first-order valence-electron chi connectivity index (χ1n) is 6.46. The summed E-state index contributed by atoms with van der Waals surface area (Å²) >= 11 is 3.43. The average molecular weight is 331 g/mol. The Hall–Kier alpha value is -0.770. The van der Waals surface area contributed by atoms with Gasteiger partial charge in [-0.25, -0.2) is 0 Å². The van der Waals surface area contributed by atoms with E-state index in [2.05, 4.69) is 28.1 Å². The van der Waals surface area contributed by atoms with Gasteiger partial charge in [-0.05, 0) is 48.3 Å². The first kappa shape index (κ1) is 13.2. The van der Waals surface area contributed by atoms with Crippen molar-refractivity contribution in [1.29, 1.82) is 0 Å². The fourth-order valence-corrected chi connectivity index (χ4v) is 3.61. The molecule has 0 amide bonds. The van der Waals surface area contributed by atoms with Gasteiger partial charge in [0.15, 0.2) is 0 Å². The van der Waals surface area contributed by atoms with Gasteiger partial charge in [-0.3, -0.25) is 0 Å². The molecule has 2 aliphatic carbocycles. The minimum Gasteiger partial charge on any atom is -0.171 e. The second-order valence-corrected chi connectivity index (χ2v) is 6.53. The highest BCUT2D eigenvalue weighted by molar-refractivity contribution is 9.10. The molecule has 4 heteroatoms. The van der Waals surface area contributed by atoms with Gasteiger partial charge in [0.25, 0.3) is 0 Å². The third-order valence-corrected chi connectivity index (χ3v) is 4.81. The standard InChI is InChI=1S/C15H14BrF3/c16-13-2-1-10-8-14(9-11(10)7-13)5-3-12(4-6-14)15(17,18)19/h1-2,7-9,12H,3-6H2. The quantitative estimate of drug-likeness (QED) is 0.679. The summed E-state index contributed by atoms with van der Waals surface area (Å²) in [6.07, 6.45) is 1.96. The molecule has 0 heterocycles. The lowest BCUT2D eigenvalue weighted by Gasteiger charge is -2.35. The van der Waals surface area contributed by atoms with Gasteiger partial charge in [0.1, 0.15) is 0 Å². The normalized spacial score (nSPS) is 29.8. The van der Waals surface area contributed by atoms with E-state index < -0.39 is 12.1 Å². The molecule has 0 atom stereocenters. The van der Waals surface area contributed by atoms with Gasteiger partial charge in [-0.1, -0.05) is 34.1 Å². The summed E-state index contributed by atoms with van der Waals surface area (Å²) in [7, 11) is 0. The second-order valence-electron chi connectivity index (χ2n) is 5.61. The molecule has 1 fully saturated rings. The van der Waals surface area contributed by atoms with Crippen molar-refractivity contribution >= 4 is 28.1 Å². The second kappa shape index (κ2) is 4.37. The highest BCUT2D eigenvalue weighted by Gasteiger charge is 2.44. The van der Waals surface area contributed by atoms with E-state index in [1.54, 1.807) is 0 Å². The molecule has 2 aliphatic rings. The van der Waals surface area contributed by atoms with Crippen LogP contribution < -0.4 is 10.4 Å². The van der Waals surface area contributed by atoms with Crippen molar-refractivity contribution in [3.63, 3.8) is 0 Å². The molecule has 1 saturated carbocycles. The van der Waals surface area contributed by atoms with E-state index in [4.69, 9.17) is 0 Å². The minimum atomic E-state index is -4.03. The largest absolute Gasteiger partial charge is 0.391 e. The van der Waals surface area contributed by atoms with E-state index in [0.29, 0.717) is 12.8 Å². The van der Waals surface area contributed by atoms with E-state index in [1.807, 2.05) is 18.2 Å². The summed E-state index contributed by atoms with van der Waals surface area (Å²) < 4.78 is 39.1. The highest BCUT2D eigenvalue weighted by Crippen LogP contribution is 2.47. The van der Waals surface area contributed by atoms with Crippen LogP contribution >= 0.6 is 15.9 Å². The molecule has 1 aromatic carbocycles. The molecule has 0 unspecified atom stereocenters. The predicted molar refractivity (Wildman–Crippen MR) is 72.8 cm³/mol. The van der Waals surface area contributed by atoms with Crippen LogP contribution in [0, 0.1) is 11.3 Å². The summed E-state index contributed by atoms with van der Waals surface area (Å²) in [6.45, 7) is 0. The van der Waals surface area contributed by atoms with Gasteiger partial charge in [0, 0.05) is 9.89 Å². The summed E-state index contributed by atoms with van der Waals surface area (Å²) in [5.74, 6) is -1.12. The fraction of sp³-hybridized carbons (Fsp3) is 0.467. The fourth-order valence-electron chi connectivity index (χ4n) is 3.23. The molecule has 0 radical (unpaired) electrons. The van der Waals surface area contributed by atoms with E-state index in [1.165, 1.54) is 0 Å². The van der Waals surface area contributed by atoms with E-state index in [0.717, 1.165) is 14.9 Å². The first-order valence-corrected chi connectivity index (χ1v) is 7.25. The molecule has 0 aromatic heterocycles. The van der Waals surface area contributed by atoms with Gasteiger partial charge in [-0.15, -0.1) is 0 Å². The zero-order chi connectivity index (χ0) is 13.7. The summed E-state index contributed by atoms with van der Waals surface area (Å²) in [6, 6.07) is 6.04. The Balaban J connectivity index is 1.86. The summed E-state index contributed by atoms with van der Waals surface area (Å²) in [4.78, 5) is 0. The molecule has 1 spiro atoms. The lowest BCUT2D eigenvalue weighted by molar-refractivity contribution is -0.184. The monoisotopic (exact) mass is 330 g/mol. The minimum absolute atomic E-state index is 0.148. The maximum absolute atomic E-state index is 12.7. The van der Waals surface area contributed by atoms with Gasteiger partial charge < -0.3 is 0 Å². The lowest BCUT2D eigenvalue weighted by atomic mass is 9.71. The Morgan fingerprint density at radius 1 is 1.05 bits per heavy atom. The molecule has 19 heavy (non-hydrogen) atoms. The van der Waals surface area contributed by atoms with Crippen molar-refractivity contribution in [3.05, 3.63) is 33.1 Å². The van der Waals surface area contributed by atoms with Gasteiger partial charge in [0.05, 0.1) is 5.92 Å². The van der Waals surface area contributed by atoms with Crippen LogP contribution in [-0.4, -0.2) is 6.18 Å². The van der Waals surface area contributed by atoms with Crippen molar-refractivity contribution in [3.8, 4) is 0 Å². The molecular weight excluding hydrogens is 317 g/mol. The van der Waals surface area contributed by atoms with E-state index in [-0.39, 0.29) is 18.3 Å². The van der Waals surface area contributed by atoms with Crippen LogP contribution in [0.2, 0.25) is 0 Å². The SMILES string of the molecule is FC(F)(F)C1CCC2(C=c3ccc(Br)cc3=C2)CC1. The summed E-state index contributed by atoms with van der Waals surface area (Å²) in [5, 5.41) is 2.29. The number of halogens is 4. The third-order valence-electron chi connectivity index (χ3n) is 4.31. The van der Waals surface area contributed by atoms with Crippen LogP contribution in [0.3, 0.4) is 0 Å². The number of hydrogen-bond donors (Lipinski definition) is 0. The van der Waals surface area contributed by atoms with Crippen molar-refractivity contribution in [2.45, 2.75) is 31.9 Å². The topological polar surface area (TPSA) is 0 Å². The maximum Gasteiger partial charge on any atom is 0.391 e. The Bertz CT molecular complexity index is 607. The number of fused-ring (bicyclic) bond motifs is 1. The van der Waals surface area contributed by atoms with Crippen LogP contribution in [0.5, 0.6) is 0 Å². The first-order chi connectivity index (χ1) is 8.88. The Labute approximate surface area is 118 Å². The molecule has 0 N–H and O–H groups in total. The molecule has 3 rings (SSSR count). The predicted octanol–water partition coefficient (Wildman–Crippen LogP) is 3.76. The zero-order valence-corrected chi connectivity index (χ0v) is 11.9. The molecule has 1 aromatic rings. The van der Waals surface area contributed by atoms with Gasteiger partial charge in [-0.2, -0.15) is 13.2 Å². The number of alkyl halides is 3. The Morgan fingerprint density at radius 3 is 2.32 bits per heavy atom. The van der Waals surface area contributed by atoms with E-state index in [9.17, 15) is 13.2 Å². The van der Waals surface area contributed by atoms with Gasteiger partial charge >= 0.3 is 6.18 Å². The van der Waals surface area contributed by atoms with E-state index >= 15 is 0 Å². The molecule has 0 nitrogen and oxygen atoms in total. The number of hydrogen-bond acceptors (Lipinski definition) is 0.